The molecule has 0 bridgehead atoms. The van der Waals surface area contributed by atoms with Gasteiger partial charge in [-0.2, -0.15) is 8.42 Å². The Labute approximate surface area is 187 Å². The van der Waals surface area contributed by atoms with E-state index in [1.807, 2.05) is 0 Å². The summed E-state index contributed by atoms with van der Waals surface area (Å²) in [6, 6.07) is 13.2. The summed E-state index contributed by atoms with van der Waals surface area (Å²) in [6.45, 7) is 5.35. The molecule has 0 aliphatic heterocycles. The van der Waals surface area contributed by atoms with Crippen LogP contribution in [0.1, 0.15) is 36.7 Å². The Balaban J connectivity index is 2.05. The van der Waals surface area contributed by atoms with Crippen LogP contribution in [-0.2, 0) is 28.4 Å². The van der Waals surface area contributed by atoms with Crippen LogP contribution >= 0.6 is 11.6 Å². The Morgan fingerprint density at radius 2 is 1.84 bits per heavy atom. The van der Waals surface area contributed by atoms with Gasteiger partial charge in [0, 0.05) is 18.3 Å². The number of hydrogen-bond acceptors (Lipinski definition) is 5. The van der Waals surface area contributed by atoms with Gasteiger partial charge in [-0.1, -0.05) is 29.8 Å². The number of halogens is 1. The summed E-state index contributed by atoms with van der Waals surface area (Å²) in [5, 5.41) is 0.460. The molecule has 164 valence electrons. The fourth-order valence-electron chi connectivity index (χ4n) is 2.83. The van der Waals surface area contributed by atoms with E-state index in [4.69, 9.17) is 16.3 Å². The van der Waals surface area contributed by atoms with E-state index in [0.29, 0.717) is 10.7 Å². The maximum absolute atomic E-state index is 13.4. The molecule has 0 radical (unpaired) electrons. The first-order valence-electron chi connectivity index (χ1n) is 9.54. The van der Waals surface area contributed by atoms with Gasteiger partial charge in [0.15, 0.2) is 5.03 Å². The van der Waals surface area contributed by atoms with Crippen LogP contribution in [0.5, 0.6) is 0 Å². The number of carbonyl (C=O) groups is 1. The summed E-state index contributed by atoms with van der Waals surface area (Å²) in [4.78, 5) is 16.5. The van der Waals surface area contributed by atoms with Crippen LogP contribution in [-0.4, -0.2) is 29.5 Å². The highest BCUT2D eigenvalue weighted by atomic mass is 35.5. The van der Waals surface area contributed by atoms with E-state index in [2.05, 4.69) is 4.98 Å². The van der Waals surface area contributed by atoms with Crippen molar-refractivity contribution in [3.8, 4) is 0 Å². The Morgan fingerprint density at radius 1 is 1.16 bits per heavy atom. The van der Waals surface area contributed by atoms with E-state index in [1.165, 1.54) is 22.9 Å². The fraction of sp³-hybridized carbons (Fsp3) is 0.273. The zero-order chi connectivity index (χ0) is 22.8. The molecule has 0 aliphatic rings. The van der Waals surface area contributed by atoms with Crippen LogP contribution in [0.4, 0.5) is 5.69 Å². The zero-order valence-corrected chi connectivity index (χ0v) is 19.3. The number of carbonyl (C=O) groups excluding carboxylic acids is 1. The first-order chi connectivity index (χ1) is 14.5. The molecule has 0 unspecified atom stereocenters. The van der Waals surface area contributed by atoms with Gasteiger partial charge in [-0.05, 0) is 56.7 Å². The Hall–Kier alpha value is -2.84. The van der Waals surface area contributed by atoms with Crippen LogP contribution in [0.3, 0.4) is 0 Å². The first kappa shape index (κ1) is 22.8. The molecule has 1 aromatic heterocycles. The molecule has 0 atom stereocenters. The largest absolute Gasteiger partial charge is 0.456 e. The van der Waals surface area contributed by atoms with Gasteiger partial charge >= 0.3 is 5.97 Å². The van der Waals surface area contributed by atoms with E-state index >= 15 is 0 Å². The molecular weight excluding hydrogens is 438 g/mol. The van der Waals surface area contributed by atoms with E-state index in [-0.39, 0.29) is 17.1 Å². The molecule has 3 aromatic rings. The van der Waals surface area contributed by atoms with E-state index in [0.717, 1.165) is 5.56 Å². The zero-order valence-electron chi connectivity index (χ0n) is 17.7. The van der Waals surface area contributed by atoms with Crippen LogP contribution in [0.15, 0.2) is 66.1 Å². The molecule has 0 aliphatic carbocycles. The van der Waals surface area contributed by atoms with Gasteiger partial charge in [0.1, 0.15) is 5.60 Å². The van der Waals surface area contributed by atoms with Gasteiger partial charge in [0.25, 0.3) is 10.0 Å². The van der Waals surface area contributed by atoms with Crippen molar-refractivity contribution in [2.75, 3.05) is 4.31 Å². The fourth-order valence-corrected chi connectivity index (χ4v) is 4.37. The summed E-state index contributed by atoms with van der Waals surface area (Å²) in [6.07, 6.45) is 2.85. The average molecular weight is 462 g/mol. The molecule has 2 aromatic carbocycles. The molecule has 7 nitrogen and oxygen atoms in total. The topological polar surface area (TPSA) is 81.5 Å². The van der Waals surface area contributed by atoms with Crippen molar-refractivity contribution in [1.82, 2.24) is 9.55 Å². The molecule has 3 rings (SSSR count). The second-order valence-electron chi connectivity index (χ2n) is 8.07. The van der Waals surface area contributed by atoms with E-state index < -0.39 is 21.6 Å². The summed E-state index contributed by atoms with van der Waals surface area (Å²) in [5.74, 6) is -0.531. The second-order valence-corrected chi connectivity index (χ2v) is 10.3. The van der Waals surface area contributed by atoms with E-state index in [1.54, 1.807) is 74.9 Å². The number of rotatable bonds is 6. The number of ether oxygens (including phenoxy) is 1. The van der Waals surface area contributed by atoms with Gasteiger partial charge in [0.2, 0.25) is 0 Å². The molecule has 31 heavy (non-hydrogen) atoms. The van der Waals surface area contributed by atoms with Gasteiger partial charge in [-0.3, -0.25) is 4.31 Å². The first-order valence-corrected chi connectivity index (χ1v) is 11.4. The highest BCUT2D eigenvalue weighted by Gasteiger charge is 2.28. The normalized spacial score (nSPS) is 11.9. The number of aryl methyl sites for hydroxylation is 1. The van der Waals surface area contributed by atoms with Gasteiger partial charge in [-0.25, -0.2) is 9.78 Å². The van der Waals surface area contributed by atoms with Crippen LogP contribution < -0.4 is 4.31 Å². The Morgan fingerprint density at radius 3 is 2.42 bits per heavy atom. The lowest BCUT2D eigenvalue weighted by molar-refractivity contribution is 0.00695. The standard InChI is InChI=1S/C22H24ClN3O4S/c1-22(2,3)30-21(27)17-6-5-7-19(12-17)26(13-16-8-10-18(23)11-9-16)31(28,29)20-14-25(4)15-24-20/h5-12,14-15H,13H2,1-4H3. The maximum Gasteiger partial charge on any atom is 0.338 e. The van der Waals surface area contributed by atoms with Gasteiger partial charge in [-0.15, -0.1) is 0 Å². The Bertz CT molecular complexity index is 1180. The predicted octanol–water partition coefficient (Wildman–Crippen LogP) is 4.42. The molecule has 0 spiro atoms. The molecular formula is C22H24ClN3O4S. The number of aromatic nitrogens is 2. The number of benzene rings is 2. The highest BCUT2D eigenvalue weighted by molar-refractivity contribution is 7.92. The molecule has 0 fully saturated rings. The average Bonchev–Trinajstić information content (AvgIpc) is 3.13. The summed E-state index contributed by atoms with van der Waals surface area (Å²) >= 11 is 5.97. The number of nitrogens with zero attached hydrogens (tertiary/aromatic N) is 3. The third kappa shape index (κ3) is 5.65. The molecule has 0 amide bonds. The highest BCUT2D eigenvalue weighted by Crippen LogP contribution is 2.27. The summed E-state index contributed by atoms with van der Waals surface area (Å²) in [7, 11) is -2.31. The van der Waals surface area contributed by atoms with Crippen molar-refractivity contribution in [3.05, 3.63) is 77.2 Å². The van der Waals surface area contributed by atoms with Crippen molar-refractivity contribution >= 4 is 33.3 Å². The number of imidazole rings is 1. The third-order valence-electron chi connectivity index (χ3n) is 4.24. The lowest BCUT2D eigenvalue weighted by Crippen LogP contribution is -2.31. The van der Waals surface area contributed by atoms with E-state index in [9.17, 15) is 13.2 Å². The quantitative estimate of drug-likeness (QED) is 0.507. The van der Waals surface area contributed by atoms with Crippen molar-refractivity contribution < 1.29 is 17.9 Å². The Kier molecular flexibility index (Phi) is 6.43. The van der Waals surface area contributed by atoms with Gasteiger partial charge < -0.3 is 9.30 Å². The number of anilines is 1. The summed E-state index contributed by atoms with van der Waals surface area (Å²) < 4.78 is 35.1. The van der Waals surface area contributed by atoms with Crippen molar-refractivity contribution in [2.24, 2.45) is 7.05 Å². The van der Waals surface area contributed by atoms with Crippen molar-refractivity contribution in [1.29, 1.82) is 0 Å². The monoisotopic (exact) mass is 461 g/mol. The van der Waals surface area contributed by atoms with Crippen LogP contribution in [0.2, 0.25) is 5.02 Å². The third-order valence-corrected chi connectivity index (χ3v) is 6.16. The van der Waals surface area contributed by atoms with Crippen molar-refractivity contribution in [3.63, 3.8) is 0 Å². The maximum atomic E-state index is 13.4. The molecule has 0 saturated heterocycles. The molecule has 1 heterocycles. The molecule has 9 heteroatoms. The van der Waals surface area contributed by atoms with Crippen LogP contribution in [0.25, 0.3) is 0 Å². The van der Waals surface area contributed by atoms with Gasteiger partial charge in [0.05, 0.1) is 24.1 Å². The second kappa shape index (κ2) is 8.72. The predicted molar refractivity (Wildman–Crippen MR) is 120 cm³/mol. The SMILES string of the molecule is Cn1cnc(S(=O)(=O)N(Cc2ccc(Cl)cc2)c2cccc(C(=O)OC(C)(C)C)c2)c1. The number of sulfonamides is 1. The van der Waals surface area contributed by atoms with Crippen LogP contribution in [0, 0.1) is 0 Å². The minimum Gasteiger partial charge on any atom is -0.456 e. The minimum atomic E-state index is -4.00. The number of esters is 1. The summed E-state index contributed by atoms with van der Waals surface area (Å²) in [5.41, 5.74) is 0.635. The van der Waals surface area contributed by atoms with Crippen molar-refractivity contribution in [2.45, 2.75) is 37.9 Å². The smallest absolute Gasteiger partial charge is 0.338 e. The lowest BCUT2D eigenvalue weighted by Gasteiger charge is -2.25. The lowest BCUT2D eigenvalue weighted by atomic mass is 10.1. The molecule has 0 N–H and O–H groups in total. The molecule has 0 saturated carbocycles. The number of hydrogen-bond donors (Lipinski definition) is 0. The minimum absolute atomic E-state index is 0.0356.